The average Bonchev–Trinajstić information content (AvgIpc) is 2.53. The van der Waals surface area contributed by atoms with Gasteiger partial charge in [-0.1, -0.05) is 74.5 Å². The molecule has 2 heteroatoms. The first-order valence-electron chi connectivity index (χ1n) is 7.12. The number of carbonyl (C=O) groups is 1. The zero-order valence-corrected chi connectivity index (χ0v) is 12.0. The molecule has 0 saturated heterocycles. The van der Waals surface area contributed by atoms with Gasteiger partial charge in [-0.3, -0.25) is 4.79 Å². The van der Waals surface area contributed by atoms with E-state index in [9.17, 15) is 4.79 Å². The van der Waals surface area contributed by atoms with E-state index in [4.69, 9.17) is 0 Å². The van der Waals surface area contributed by atoms with Gasteiger partial charge in [0.1, 0.15) is 0 Å². The largest absolute Gasteiger partial charge is 0.345 e. The molecule has 0 bridgehead atoms. The zero-order valence-electron chi connectivity index (χ0n) is 12.0. The van der Waals surface area contributed by atoms with Crippen molar-refractivity contribution in [1.29, 1.82) is 0 Å². The Labute approximate surface area is 120 Å². The van der Waals surface area contributed by atoms with Crippen LogP contribution in [0.1, 0.15) is 37.4 Å². The average molecular weight is 267 g/mol. The molecule has 0 aliphatic heterocycles. The summed E-state index contributed by atoms with van der Waals surface area (Å²) < 4.78 is 0. The maximum absolute atomic E-state index is 12.2. The highest BCUT2D eigenvalue weighted by molar-refractivity contribution is 5.79. The monoisotopic (exact) mass is 267 g/mol. The molecule has 0 aromatic heterocycles. The zero-order chi connectivity index (χ0) is 14.4. The lowest BCUT2D eigenvalue weighted by Crippen LogP contribution is -2.33. The summed E-state index contributed by atoms with van der Waals surface area (Å²) in [6.07, 6.45) is 0.849. The molecule has 0 aliphatic carbocycles. The fraction of sp³-hybridized carbons (Fsp3) is 0.278. The summed E-state index contributed by atoms with van der Waals surface area (Å²) in [6, 6.07) is 20.1. The van der Waals surface area contributed by atoms with Crippen LogP contribution in [0.15, 0.2) is 60.7 Å². The van der Waals surface area contributed by atoms with E-state index in [2.05, 4.69) is 29.6 Å². The van der Waals surface area contributed by atoms with E-state index >= 15 is 0 Å². The molecule has 1 N–H and O–H groups in total. The molecule has 0 spiro atoms. The summed E-state index contributed by atoms with van der Waals surface area (Å²) in [7, 11) is 0. The van der Waals surface area contributed by atoms with Crippen molar-refractivity contribution in [3.63, 3.8) is 0 Å². The van der Waals surface area contributed by atoms with Crippen LogP contribution in [-0.4, -0.2) is 5.91 Å². The van der Waals surface area contributed by atoms with Gasteiger partial charge in [-0.05, 0) is 17.5 Å². The van der Waals surface area contributed by atoms with Crippen LogP contribution in [0.3, 0.4) is 0 Å². The lowest BCUT2D eigenvalue weighted by molar-refractivity contribution is -0.125. The summed E-state index contributed by atoms with van der Waals surface area (Å²) in [5.41, 5.74) is 2.21. The van der Waals surface area contributed by atoms with E-state index in [1.807, 2.05) is 50.2 Å². The van der Waals surface area contributed by atoms with Gasteiger partial charge < -0.3 is 5.32 Å². The van der Waals surface area contributed by atoms with Crippen LogP contribution in [-0.2, 0) is 4.79 Å². The minimum atomic E-state index is -0.0844. The van der Waals surface area contributed by atoms with Crippen molar-refractivity contribution in [2.75, 3.05) is 0 Å². The second-order valence-corrected chi connectivity index (χ2v) is 5.07. The molecule has 0 radical (unpaired) electrons. The minimum absolute atomic E-state index is 0.0323. The smallest absolute Gasteiger partial charge is 0.223 e. The van der Waals surface area contributed by atoms with Gasteiger partial charge in [-0.25, -0.2) is 0 Å². The molecule has 2 rings (SSSR count). The topological polar surface area (TPSA) is 29.1 Å². The highest BCUT2D eigenvalue weighted by Gasteiger charge is 2.19. The Bertz CT molecular complexity index is 496. The lowest BCUT2D eigenvalue weighted by atomic mass is 9.97. The molecular formula is C18H21NO. The fourth-order valence-electron chi connectivity index (χ4n) is 2.12. The van der Waals surface area contributed by atoms with Gasteiger partial charge in [0.25, 0.3) is 0 Å². The Balaban J connectivity index is 2.28. The van der Waals surface area contributed by atoms with E-state index in [-0.39, 0.29) is 17.9 Å². The maximum Gasteiger partial charge on any atom is 0.223 e. The molecule has 2 aromatic carbocycles. The van der Waals surface area contributed by atoms with Crippen LogP contribution in [0.4, 0.5) is 0 Å². The second-order valence-electron chi connectivity index (χ2n) is 5.07. The maximum atomic E-state index is 12.2. The standard InChI is InChI=1S/C18H21NO/c1-3-14(2)18(20)19-17(15-10-6-4-7-11-15)16-12-8-5-9-13-16/h4-14,17H,3H2,1-2H3,(H,19,20)/t14-/m1/s1. The Morgan fingerprint density at radius 2 is 1.40 bits per heavy atom. The van der Waals surface area contributed by atoms with Gasteiger partial charge in [0.05, 0.1) is 6.04 Å². The summed E-state index contributed by atoms with van der Waals surface area (Å²) in [5.74, 6) is 0.134. The van der Waals surface area contributed by atoms with Crippen molar-refractivity contribution in [3.05, 3.63) is 71.8 Å². The second kappa shape index (κ2) is 6.90. The van der Waals surface area contributed by atoms with Crippen molar-refractivity contribution in [3.8, 4) is 0 Å². The van der Waals surface area contributed by atoms with Gasteiger partial charge >= 0.3 is 0 Å². The molecular weight excluding hydrogens is 246 g/mol. The Kier molecular flexibility index (Phi) is 4.94. The fourth-order valence-corrected chi connectivity index (χ4v) is 2.12. The van der Waals surface area contributed by atoms with Crippen molar-refractivity contribution >= 4 is 5.91 Å². The SMILES string of the molecule is CC[C@@H](C)C(=O)NC(c1ccccc1)c1ccccc1. The Hall–Kier alpha value is -2.09. The highest BCUT2D eigenvalue weighted by Crippen LogP contribution is 2.22. The Morgan fingerprint density at radius 1 is 0.950 bits per heavy atom. The Morgan fingerprint density at radius 3 is 1.80 bits per heavy atom. The lowest BCUT2D eigenvalue weighted by Gasteiger charge is -2.21. The third kappa shape index (κ3) is 3.47. The van der Waals surface area contributed by atoms with Crippen molar-refractivity contribution in [2.45, 2.75) is 26.3 Å². The summed E-state index contributed by atoms with van der Waals surface area (Å²) in [4.78, 5) is 12.2. The van der Waals surface area contributed by atoms with E-state index in [1.54, 1.807) is 0 Å². The minimum Gasteiger partial charge on any atom is -0.345 e. The van der Waals surface area contributed by atoms with Crippen LogP contribution in [0.2, 0.25) is 0 Å². The van der Waals surface area contributed by atoms with Crippen LogP contribution < -0.4 is 5.32 Å². The normalized spacial score (nSPS) is 12.2. The van der Waals surface area contributed by atoms with Crippen molar-refractivity contribution in [1.82, 2.24) is 5.32 Å². The molecule has 1 amide bonds. The number of benzene rings is 2. The number of nitrogens with one attached hydrogen (secondary N) is 1. The molecule has 0 aliphatic rings. The van der Waals surface area contributed by atoms with Crippen molar-refractivity contribution in [2.24, 2.45) is 5.92 Å². The van der Waals surface area contributed by atoms with E-state index in [1.165, 1.54) is 0 Å². The molecule has 0 fully saturated rings. The third-order valence-corrected chi connectivity index (χ3v) is 3.61. The van der Waals surface area contributed by atoms with Crippen molar-refractivity contribution < 1.29 is 4.79 Å². The first-order valence-corrected chi connectivity index (χ1v) is 7.12. The van der Waals surface area contributed by atoms with Gasteiger partial charge in [-0.2, -0.15) is 0 Å². The molecule has 0 heterocycles. The van der Waals surface area contributed by atoms with Gasteiger partial charge in [0, 0.05) is 5.92 Å². The van der Waals surface area contributed by atoms with Crippen LogP contribution in [0.5, 0.6) is 0 Å². The molecule has 20 heavy (non-hydrogen) atoms. The van der Waals surface area contributed by atoms with Crippen LogP contribution in [0, 0.1) is 5.92 Å². The van der Waals surface area contributed by atoms with Gasteiger partial charge in [-0.15, -0.1) is 0 Å². The number of rotatable bonds is 5. The molecule has 1 atom stereocenters. The molecule has 2 aromatic rings. The first-order chi connectivity index (χ1) is 9.72. The molecule has 0 unspecified atom stereocenters. The summed E-state index contributed by atoms with van der Waals surface area (Å²) >= 11 is 0. The number of hydrogen-bond acceptors (Lipinski definition) is 1. The van der Waals surface area contributed by atoms with E-state index in [0.29, 0.717) is 0 Å². The summed E-state index contributed by atoms with van der Waals surface area (Å²) in [5, 5.41) is 3.16. The number of carbonyl (C=O) groups excluding carboxylic acids is 1. The quantitative estimate of drug-likeness (QED) is 0.873. The highest BCUT2D eigenvalue weighted by atomic mass is 16.1. The predicted molar refractivity (Wildman–Crippen MR) is 82.3 cm³/mol. The third-order valence-electron chi connectivity index (χ3n) is 3.61. The van der Waals surface area contributed by atoms with Crippen LogP contribution >= 0.6 is 0 Å². The predicted octanol–water partition coefficient (Wildman–Crippen LogP) is 3.94. The van der Waals surface area contributed by atoms with Crippen LogP contribution in [0.25, 0.3) is 0 Å². The van der Waals surface area contributed by atoms with E-state index in [0.717, 1.165) is 17.5 Å². The summed E-state index contributed by atoms with van der Waals surface area (Å²) in [6.45, 7) is 3.99. The van der Waals surface area contributed by atoms with Gasteiger partial charge in [0.15, 0.2) is 0 Å². The first kappa shape index (κ1) is 14.3. The molecule has 0 saturated carbocycles. The number of amides is 1. The molecule has 2 nitrogen and oxygen atoms in total. The van der Waals surface area contributed by atoms with E-state index < -0.39 is 0 Å². The number of hydrogen-bond donors (Lipinski definition) is 1. The van der Waals surface area contributed by atoms with Gasteiger partial charge in [0.2, 0.25) is 5.91 Å². The molecule has 104 valence electrons.